The highest BCUT2D eigenvalue weighted by atomic mass is 32.1. The number of carbonyl (C=O) groups is 1. The molecule has 1 aliphatic rings. The van der Waals surface area contributed by atoms with Gasteiger partial charge in [0.1, 0.15) is 18.2 Å². The minimum absolute atomic E-state index is 0.0889. The summed E-state index contributed by atoms with van der Waals surface area (Å²) in [5.74, 6) is 0.245. The number of nitrogens with one attached hydrogen (secondary N) is 1. The number of fused-ring (bicyclic) bond motifs is 4. The molecule has 44 heavy (non-hydrogen) atoms. The number of H-pyrrole nitrogens is 1. The molecule has 224 valence electrons. The molecule has 10 nitrogen and oxygen atoms in total. The summed E-state index contributed by atoms with van der Waals surface area (Å²) in [5, 5.41) is 20.3. The van der Waals surface area contributed by atoms with Crippen LogP contribution in [0.3, 0.4) is 0 Å². The predicted octanol–water partition coefficient (Wildman–Crippen LogP) is 5.48. The number of aryl methyl sites for hydroxylation is 1. The van der Waals surface area contributed by atoms with Crippen LogP contribution >= 0.6 is 22.7 Å². The van der Waals surface area contributed by atoms with Crippen LogP contribution in [0, 0.1) is 11.3 Å². The molecule has 0 unspecified atom stereocenters. The number of nitrogen functional groups attached to an aromatic ring is 1. The van der Waals surface area contributed by atoms with Gasteiger partial charge < -0.3 is 25.5 Å². The van der Waals surface area contributed by atoms with Gasteiger partial charge in [-0.3, -0.25) is 4.79 Å². The van der Waals surface area contributed by atoms with Gasteiger partial charge in [-0.2, -0.15) is 15.2 Å². The third-order valence-corrected chi connectivity index (χ3v) is 10.3. The Morgan fingerprint density at radius 3 is 2.64 bits per heavy atom. The molecule has 4 heterocycles. The first kappa shape index (κ1) is 29.5. The lowest BCUT2D eigenvalue weighted by atomic mass is 9.84. The average molecular weight is 626 g/mol. The number of ketones is 1. The fourth-order valence-corrected chi connectivity index (χ4v) is 8.04. The first-order valence-electron chi connectivity index (χ1n) is 14.1. The molecule has 0 spiro atoms. The molecule has 0 aliphatic heterocycles. The van der Waals surface area contributed by atoms with E-state index < -0.39 is 0 Å². The van der Waals surface area contributed by atoms with Gasteiger partial charge in [0.25, 0.3) is 0 Å². The zero-order valence-corrected chi connectivity index (χ0v) is 26.2. The summed E-state index contributed by atoms with van der Waals surface area (Å²) < 4.78 is 5.85. The van der Waals surface area contributed by atoms with Gasteiger partial charge in [0.2, 0.25) is 11.8 Å². The number of nitriles is 1. The lowest BCUT2D eigenvalue weighted by molar-refractivity contribution is -0.115. The van der Waals surface area contributed by atoms with Crippen molar-refractivity contribution < 1.29 is 14.6 Å². The molecule has 6 rings (SSSR count). The quantitative estimate of drug-likeness (QED) is 0.128. The molecule has 0 radical (unpaired) electrons. The Balaban J connectivity index is 1.10. The molecule has 0 atom stereocenters. The number of anilines is 2. The summed E-state index contributed by atoms with van der Waals surface area (Å²) in [5.41, 5.74) is 11.2. The molecule has 1 aliphatic carbocycles. The number of aliphatic hydroxyl groups excluding tert-OH is 1. The van der Waals surface area contributed by atoms with Gasteiger partial charge in [0.05, 0.1) is 28.4 Å². The summed E-state index contributed by atoms with van der Waals surface area (Å²) in [7, 11) is 1.98. The van der Waals surface area contributed by atoms with Crippen molar-refractivity contribution in [2.24, 2.45) is 0 Å². The first-order valence-corrected chi connectivity index (χ1v) is 15.7. The second-order valence-electron chi connectivity index (χ2n) is 11.2. The van der Waals surface area contributed by atoms with Gasteiger partial charge in [0, 0.05) is 35.2 Å². The van der Waals surface area contributed by atoms with Crippen LogP contribution in [-0.4, -0.2) is 51.0 Å². The van der Waals surface area contributed by atoms with Crippen LogP contribution in [0.1, 0.15) is 47.4 Å². The highest BCUT2D eigenvalue weighted by molar-refractivity contribution is 7.25. The monoisotopic (exact) mass is 625 g/mol. The number of hydrogen-bond donors (Lipinski definition) is 3. The number of aromatic amines is 1. The van der Waals surface area contributed by atoms with E-state index in [4.69, 9.17) is 10.5 Å². The van der Waals surface area contributed by atoms with Gasteiger partial charge in [0.15, 0.2) is 11.4 Å². The number of rotatable bonds is 11. The Morgan fingerprint density at radius 2 is 1.89 bits per heavy atom. The Morgan fingerprint density at radius 1 is 1.16 bits per heavy atom. The normalized spacial score (nSPS) is 13.5. The maximum Gasteiger partial charge on any atom is 0.245 e. The summed E-state index contributed by atoms with van der Waals surface area (Å²) in [6, 6.07) is 14.3. The summed E-state index contributed by atoms with van der Waals surface area (Å²) >= 11 is 3.34. The van der Waals surface area contributed by atoms with Crippen LogP contribution in [0.4, 0.5) is 10.9 Å². The van der Waals surface area contributed by atoms with E-state index in [2.05, 4.69) is 56.9 Å². The number of aliphatic hydroxyl groups is 1. The second-order valence-corrected chi connectivity index (χ2v) is 13.3. The van der Waals surface area contributed by atoms with Crippen molar-refractivity contribution in [2.45, 2.75) is 38.7 Å². The number of ether oxygens (including phenoxy) is 1. The molecule has 12 heteroatoms. The highest BCUT2D eigenvalue weighted by Crippen LogP contribution is 2.57. The molecular formula is C32H31N7O3S2. The van der Waals surface area contributed by atoms with Crippen LogP contribution < -0.4 is 15.4 Å². The third-order valence-electron chi connectivity index (χ3n) is 7.85. The number of imidazole rings is 1. The molecule has 5 aromatic rings. The molecule has 0 bridgehead atoms. The molecular weight excluding hydrogens is 595 g/mol. The van der Waals surface area contributed by atoms with Gasteiger partial charge in [-0.25, -0.2) is 4.98 Å². The highest BCUT2D eigenvalue weighted by Gasteiger charge is 2.39. The topological polar surface area (TPSA) is 154 Å². The minimum Gasteiger partial charge on any atom is -0.471 e. The summed E-state index contributed by atoms with van der Waals surface area (Å²) in [6.07, 6.45) is 3.99. The van der Waals surface area contributed by atoms with E-state index >= 15 is 0 Å². The van der Waals surface area contributed by atoms with Crippen molar-refractivity contribution in [1.29, 1.82) is 5.26 Å². The standard InChI is InChI=1S/C32H31N7O3S2/c1-32(2)22-13-21(43-27(22)28-23(32)14-25(44-28)39(3)10-11-40)12-20(15-33)24(41)9-8-18-4-6-19(7-5-18)16-42-30-26-29(36-17-35-26)37-31(34)38-30/h4-7,12-14,17,40H,8-11,16H2,1-3H3,(H3,34,35,36,37,38)/b20-12-. The Labute approximate surface area is 262 Å². The van der Waals surface area contributed by atoms with Crippen molar-refractivity contribution in [3.05, 3.63) is 75.4 Å². The second kappa shape index (κ2) is 11.8. The number of benzene rings is 1. The van der Waals surface area contributed by atoms with Crippen molar-refractivity contribution in [1.82, 2.24) is 19.9 Å². The summed E-state index contributed by atoms with van der Waals surface area (Å²) in [6.45, 7) is 5.37. The number of carbonyl (C=O) groups excluding carboxylic acids is 1. The van der Waals surface area contributed by atoms with Crippen LogP contribution in [0.5, 0.6) is 5.88 Å². The zero-order chi connectivity index (χ0) is 31.0. The SMILES string of the molecule is CN(CCO)c1cc2c(s1)-c1sc(/C=C(/C#N)C(=O)CCc3ccc(COc4nc(N)nc5nc[nH]c45)cc3)cc1C2(C)C. The van der Waals surface area contributed by atoms with E-state index in [1.165, 1.54) is 27.2 Å². The number of aromatic nitrogens is 4. The first-order chi connectivity index (χ1) is 21.2. The Bertz CT molecular complexity index is 1930. The minimum atomic E-state index is -0.178. The predicted molar refractivity (Wildman–Crippen MR) is 174 cm³/mol. The van der Waals surface area contributed by atoms with E-state index in [1.807, 2.05) is 31.3 Å². The molecule has 4 N–H and O–H groups in total. The molecule has 1 aromatic carbocycles. The third kappa shape index (κ3) is 5.57. The van der Waals surface area contributed by atoms with Crippen molar-refractivity contribution in [3.63, 3.8) is 0 Å². The van der Waals surface area contributed by atoms with Crippen LogP contribution in [0.15, 0.2) is 48.3 Å². The Kier molecular flexibility index (Phi) is 7.94. The van der Waals surface area contributed by atoms with Gasteiger partial charge in [-0.05, 0) is 46.9 Å². The molecule has 4 aromatic heterocycles. The van der Waals surface area contributed by atoms with Crippen molar-refractivity contribution in [3.8, 4) is 21.7 Å². The van der Waals surface area contributed by atoms with Gasteiger partial charge >= 0.3 is 0 Å². The van der Waals surface area contributed by atoms with Crippen molar-refractivity contribution in [2.75, 3.05) is 30.8 Å². The maximum atomic E-state index is 13.1. The molecule has 0 saturated carbocycles. The van der Waals surface area contributed by atoms with E-state index in [1.54, 1.807) is 28.7 Å². The van der Waals surface area contributed by atoms with Crippen LogP contribution in [0.2, 0.25) is 0 Å². The largest absolute Gasteiger partial charge is 0.471 e. The smallest absolute Gasteiger partial charge is 0.245 e. The lowest BCUT2D eigenvalue weighted by Gasteiger charge is -2.20. The number of Topliss-reactive ketones (excluding diaryl/α,β-unsaturated/α-hetero) is 1. The number of nitrogens with two attached hydrogens (primary N) is 1. The van der Waals surface area contributed by atoms with Crippen LogP contribution in [-0.2, 0) is 23.2 Å². The number of likely N-dealkylation sites (N-methyl/N-ethyl adjacent to an activating group) is 1. The number of hydrogen-bond acceptors (Lipinski definition) is 11. The van der Waals surface area contributed by atoms with E-state index in [-0.39, 0.29) is 42.4 Å². The van der Waals surface area contributed by atoms with E-state index in [9.17, 15) is 15.2 Å². The fraction of sp³-hybridized carbons (Fsp3) is 0.281. The summed E-state index contributed by atoms with van der Waals surface area (Å²) in [4.78, 5) is 33.7. The number of thiophene rings is 2. The van der Waals surface area contributed by atoms with Crippen molar-refractivity contribution >= 4 is 56.6 Å². The molecule has 0 amide bonds. The fourth-order valence-electron chi connectivity index (χ4n) is 5.31. The van der Waals surface area contributed by atoms with E-state index in [0.717, 1.165) is 21.0 Å². The molecule has 0 fully saturated rings. The van der Waals surface area contributed by atoms with E-state index in [0.29, 0.717) is 30.0 Å². The maximum absolute atomic E-state index is 13.1. The van der Waals surface area contributed by atoms with Gasteiger partial charge in [-0.1, -0.05) is 38.1 Å². The number of nitrogens with zero attached hydrogens (tertiary/aromatic N) is 5. The van der Waals surface area contributed by atoms with Gasteiger partial charge in [-0.15, -0.1) is 22.7 Å². The van der Waals surface area contributed by atoms with Crippen LogP contribution in [0.25, 0.3) is 27.0 Å². The lowest BCUT2D eigenvalue weighted by Crippen LogP contribution is -2.20. The average Bonchev–Trinajstić information content (AvgIpc) is 3.78. The molecule has 0 saturated heterocycles. The zero-order valence-electron chi connectivity index (χ0n) is 24.5. The number of allylic oxidation sites excluding steroid dienone is 1. The Hall–Kier alpha value is -4.57.